The summed E-state index contributed by atoms with van der Waals surface area (Å²) in [6.45, 7) is 4.17. The molecule has 1 atom stereocenters. The molecule has 0 aromatic heterocycles. The summed E-state index contributed by atoms with van der Waals surface area (Å²) in [6, 6.07) is 19.6. The number of halogens is 1. The average Bonchev–Trinajstić information content (AvgIpc) is 3.33. The number of para-hydroxylation sites is 1. The molecule has 6 rings (SSSR count). The van der Waals surface area contributed by atoms with Crippen molar-refractivity contribution in [2.75, 3.05) is 31.1 Å². The van der Waals surface area contributed by atoms with Crippen LogP contribution in [0.15, 0.2) is 60.7 Å². The quantitative estimate of drug-likeness (QED) is 0.437. The Morgan fingerprint density at radius 3 is 2.43 bits per heavy atom. The number of piperidine rings is 1. The summed E-state index contributed by atoms with van der Waals surface area (Å²) < 4.78 is 20.6. The van der Waals surface area contributed by atoms with Crippen molar-refractivity contribution in [1.82, 2.24) is 15.1 Å². The summed E-state index contributed by atoms with van der Waals surface area (Å²) in [6.07, 6.45) is 0.527. The number of hydrogen-bond acceptors (Lipinski definition) is 7. The molecule has 0 unspecified atom stereocenters. The first kappa shape index (κ1) is 27.4. The van der Waals surface area contributed by atoms with Crippen LogP contribution in [0.1, 0.15) is 45.5 Å². The van der Waals surface area contributed by atoms with E-state index in [9.17, 15) is 24.0 Å². The highest BCUT2D eigenvalue weighted by Crippen LogP contribution is 2.34. The summed E-state index contributed by atoms with van der Waals surface area (Å²) in [7, 11) is 0. The number of rotatable bonds is 7. The molecule has 3 amide bonds. The van der Waals surface area contributed by atoms with E-state index in [1.807, 2.05) is 23.1 Å². The number of benzene rings is 3. The Labute approximate surface area is 243 Å². The number of carbonyl (C=O) groups excluding carboxylic acids is 3. The Hall–Kier alpha value is -4.75. The molecule has 0 bridgehead atoms. The summed E-state index contributed by atoms with van der Waals surface area (Å²) in [5.41, 5.74) is 4.16. The molecule has 10 heteroatoms. The number of nitriles is 1. The van der Waals surface area contributed by atoms with Crippen molar-refractivity contribution in [3.63, 3.8) is 0 Å². The van der Waals surface area contributed by atoms with Crippen LogP contribution in [0.2, 0.25) is 0 Å². The number of imide groups is 1. The fourth-order valence-corrected chi connectivity index (χ4v) is 5.91. The molecule has 0 radical (unpaired) electrons. The second-order valence-electron chi connectivity index (χ2n) is 10.8. The van der Waals surface area contributed by atoms with Gasteiger partial charge >= 0.3 is 0 Å². The number of nitrogens with zero attached hydrogens (tertiary/aromatic N) is 4. The van der Waals surface area contributed by atoms with Gasteiger partial charge in [-0.2, -0.15) is 5.26 Å². The van der Waals surface area contributed by atoms with Crippen LogP contribution in [-0.4, -0.2) is 59.7 Å². The Balaban J connectivity index is 1.03. The first-order valence-electron chi connectivity index (χ1n) is 14.0. The second kappa shape index (κ2) is 11.6. The van der Waals surface area contributed by atoms with Crippen molar-refractivity contribution in [2.24, 2.45) is 0 Å². The van der Waals surface area contributed by atoms with Crippen LogP contribution >= 0.6 is 0 Å². The smallest absolute Gasteiger partial charge is 0.255 e. The predicted molar refractivity (Wildman–Crippen MR) is 152 cm³/mol. The summed E-state index contributed by atoms with van der Waals surface area (Å²) in [4.78, 5) is 42.7. The monoisotopic (exact) mass is 567 g/mol. The van der Waals surface area contributed by atoms with Gasteiger partial charge in [-0.3, -0.25) is 24.6 Å². The minimum absolute atomic E-state index is 0.211. The maximum Gasteiger partial charge on any atom is 0.255 e. The number of fused-ring (bicyclic) bond motifs is 1. The summed E-state index contributed by atoms with van der Waals surface area (Å²) >= 11 is 0. The van der Waals surface area contributed by atoms with E-state index in [0.717, 1.165) is 36.3 Å². The van der Waals surface area contributed by atoms with Crippen LogP contribution in [0, 0.1) is 17.1 Å². The number of amides is 3. The van der Waals surface area contributed by atoms with E-state index in [4.69, 9.17) is 4.74 Å². The largest absolute Gasteiger partial charge is 0.489 e. The molecule has 0 aliphatic carbocycles. The second-order valence-corrected chi connectivity index (χ2v) is 10.8. The number of anilines is 1. The lowest BCUT2D eigenvalue weighted by atomic mass is 10.0. The van der Waals surface area contributed by atoms with E-state index in [1.54, 1.807) is 24.3 Å². The van der Waals surface area contributed by atoms with Gasteiger partial charge in [-0.05, 0) is 41.8 Å². The van der Waals surface area contributed by atoms with Crippen LogP contribution in [0.4, 0.5) is 10.1 Å². The highest BCUT2D eigenvalue weighted by atomic mass is 19.1. The first-order chi connectivity index (χ1) is 20.4. The van der Waals surface area contributed by atoms with Gasteiger partial charge in [-0.1, -0.05) is 36.4 Å². The van der Waals surface area contributed by atoms with Crippen LogP contribution in [-0.2, 0) is 29.3 Å². The molecule has 214 valence electrons. The van der Waals surface area contributed by atoms with E-state index in [2.05, 4.69) is 28.4 Å². The van der Waals surface area contributed by atoms with E-state index in [1.165, 1.54) is 11.0 Å². The van der Waals surface area contributed by atoms with Crippen molar-refractivity contribution >= 4 is 23.4 Å². The standard InChI is InChI=1S/C32H30FN5O4/c33-26-5-1-3-23(17-34)30(26)37-15-13-36(14-16-37)18-21-7-9-22(10-8-21)20-42-28-6-2-4-24-25(28)19-38(32(24)41)27-11-12-29(39)35-31(27)40/h1-10,27H,11-16,18-20H2,(H,35,39,40)/t27-/m0/s1. The molecule has 2 fully saturated rings. The Bertz CT molecular complexity index is 1580. The average molecular weight is 568 g/mol. The van der Waals surface area contributed by atoms with Crippen molar-refractivity contribution in [3.05, 3.63) is 94.3 Å². The lowest BCUT2D eigenvalue weighted by molar-refractivity contribution is -0.136. The summed E-state index contributed by atoms with van der Waals surface area (Å²) in [5.74, 6) is -0.733. The Morgan fingerprint density at radius 1 is 0.952 bits per heavy atom. The zero-order valence-electron chi connectivity index (χ0n) is 23.0. The predicted octanol–water partition coefficient (Wildman–Crippen LogP) is 3.36. The normalized spacial score (nSPS) is 19.0. The van der Waals surface area contributed by atoms with Crippen molar-refractivity contribution in [3.8, 4) is 11.8 Å². The topological polar surface area (TPSA) is 106 Å². The molecule has 3 heterocycles. The van der Waals surface area contributed by atoms with E-state index in [0.29, 0.717) is 48.7 Å². The summed E-state index contributed by atoms with van der Waals surface area (Å²) in [5, 5.41) is 11.7. The minimum Gasteiger partial charge on any atom is -0.489 e. The molecule has 3 aromatic rings. The number of carbonyl (C=O) groups is 3. The van der Waals surface area contributed by atoms with Crippen molar-refractivity contribution in [1.29, 1.82) is 5.26 Å². The molecule has 0 spiro atoms. The number of ether oxygens (including phenoxy) is 1. The van der Waals surface area contributed by atoms with Crippen LogP contribution < -0.4 is 15.0 Å². The highest BCUT2D eigenvalue weighted by molar-refractivity contribution is 6.05. The van der Waals surface area contributed by atoms with E-state index >= 15 is 0 Å². The zero-order valence-corrected chi connectivity index (χ0v) is 23.0. The van der Waals surface area contributed by atoms with Gasteiger partial charge in [0.1, 0.15) is 30.3 Å². The van der Waals surface area contributed by atoms with Gasteiger partial charge in [-0.15, -0.1) is 0 Å². The van der Waals surface area contributed by atoms with Gasteiger partial charge in [-0.25, -0.2) is 4.39 Å². The molecule has 3 aliphatic rings. The van der Waals surface area contributed by atoms with Crippen LogP contribution in [0.3, 0.4) is 0 Å². The molecule has 42 heavy (non-hydrogen) atoms. The van der Waals surface area contributed by atoms with Gasteiger partial charge in [0.2, 0.25) is 11.8 Å². The SMILES string of the molecule is N#Cc1cccc(F)c1N1CCN(Cc2ccc(COc3cccc4c3CN([C@H]3CCC(=O)NC3=O)C4=O)cc2)CC1. The third-order valence-electron chi connectivity index (χ3n) is 8.16. The molecule has 9 nitrogen and oxygen atoms in total. The lowest BCUT2D eigenvalue weighted by Gasteiger charge is -2.36. The third kappa shape index (κ3) is 5.43. The first-order valence-corrected chi connectivity index (χ1v) is 14.0. The molecule has 1 N–H and O–H groups in total. The number of piperazine rings is 1. The Morgan fingerprint density at radius 2 is 1.69 bits per heavy atom. The van der Waals surface area contributed by atoms with Crippen molar-refractivity contribution < 1.29 is 23.5 Å². The Kier molecular flexibility index (Phi) is 7.59. The third-order valence-corrected chi connectivity index (χ3v) is 8.16. The van der Waals surface area contributed by atoms with Gasteiger partial charge < -0.3 is 14.5 Å². The van der Waals surface area contributed by atoms with Crippen LogP contribution in [0.25, 0.3) is 0 Å². The molecule has 0 saturated carbocycles. The number of hydrogen-bond donors (Lipinski definition) is 1. The van der Waals surface area contributed by atoms with Gasteiger partial charge in [0.15, 0.2) is 0 Å². The zero-order chi connectivity index (χ0) is 29.2. The van der Waals surface area contributed by atoms with Crippen molar-refractivity contribution in [2.45, 2.75) is 38.6 Å². The highest BCUT2D eigenvalue weighted by Gasteiger charge is 2.40. The maximum absolute atomic E-state index is 14.4. The lowest BCUT2D eigenvalue weighted by Crippen LogP contribution is -2.52. The molecule has 3 aliphatic heterocycles. The van der Waals surface area contributed by atoms with Gasteiger partial charge in [0.25, 0.3) is 5.91 Å². The maximum atomic E-state index is 14.4. The number of nitrogens with one attached hydrogen (secondary N) is 1. The van der Waals surface area contributed by atoms with E-state index in [-0.39, 0.29) is 30.6 Å². The minimum atomic E-state index is -0.666. The van der Waals surface area contributed by atoms with Gasteiger partial charge in [0.05, 0.1) is 17.8 Å². The molecular weight excluding hydrogens is 537 g/mol. The molecule has 2 saturated heterocycles. The van der Waals surface area contributed by atoms with Gasteiger partial charge in [0, 0.05) is 50.3 Å². The van der Waals surface area contributed by atoms with Crippen LogP contribution in [0.5, 0.6) is 5.75 Å². The molecular formula is C32H30FN5O4. The van der Waals surface area contributed by atoms with E-state index < -0.39 is 11.9 Å². The molecule has 3 aromatic carbocycles. The fraction of sp³-hybridized carbons (Fsp3) is 0.312. The fourth-order valence-electron chi connectivity index (χ4n) is 5.91.